The highest BCUT2D eigenvalue weighted by Crippen LogP contribution is 2.01. The van der Waals surface area contributed by atoms with Gasteiger partial charge in [0, 0.05) is 12.6 Å². The van der Waals surface area contributed by atoms with E-state index in [0.29, 0.717) is 12.5 Å². The van der Waals surface area contributed by atoms with Gasteiger partial charge in [-0.25, -0.2) is 0 Å². The Morgan fingerprint density at radius 2 is 1.87 bits per heavy atom. The van der Waals surface area contributed by atoms with E-state index in [1.165, 1.54) is 5.56 Å². The first-order valence-corrected chi connectivity index (χ1v) is 5.35. The Morgan fingerprint density at radius 1 is 1.33 bits per heavy atom. The van der Waals surface area contributed by atoms with Crippen LogP contribution in [0.1, 0.15) is 18.9 Å². The van der Waals surface area contributed by atoms with Crippen molar-refractivity contribution in [2.75, 3.05) is 13.7 Å². The summed E-state index contributed by atoms with van der Waals surface area (Å²) in [5.41, 5.74) is 1.40. The Morgan fingerprint density at radius 3 is 2.27 bits per heavy atom. The topological polar surface area (TPSA) is 32.3 Å². The van der Waals surface area contributed by atoms with Gasteiger partial charge in [0.1, 0.15) is 0 Å². The molecular weight excluding hydrogens is 186 g/mol. The Balaban J connectivity index is 0.000000423. The predicted octanol–water partition coefficient (Wildman–Crippen LogP) is 2.04. The lowest BCUT2D eigenvalue weighted by molar-refractivity contribution is 0.302. The summed E-state index contributed by atoms with van der Waals surface area (Å²) in [5, 5.41) is 11.0. The van der Waals surface area contributed by atoms with E-state index in [9.17, 15) is 0 Å². The molecule has 1 radical (unpaired) electrons. The zero-order chi connectivity index (χ0) is 11.5. The van der Waals surface area contributed by atoms with Gasteiger partial charge >= 0.3 is 0 Å². The molecule has 2 heteroatoms. The Labute approximate surface area is 93.3 Å². The maximum Gasteiger partial charge on any atom is 0.0431 e. The second kappa shape index (κ2) is 9.69. The van der Waals surface area contributed by atoms with Crippen LogP contribution in [0.5, 0.6) is 0 Å². The maximum absolute atomic E-state index is 7.81. The molecule has 1 aromatic carbocycles. The minimum Gasteiger partial charge on any atom is -0.396 e. The molecule has 2 N–H and O–H groups in total. The van der Waals surface area contributed by atoms with E-state index in [4.69, 9.17) is 5.11 Å². The SMILES string of the molecule is CN[C@@H](C)Cc1ccccc1.[CH2]CCO. The van der Waals surface area contributed by atoms with Crippen molar-refractivity contribution in [2.45, 2.75) is 25.8 Å². The van der Waals surface area contributed by atoms with Gasteiger partial charge in [0.05, 0.1) is 0 Å². The molecule has 0 saturated carbocycles. The molecule has 0 aliphatic heterocycles. The quantitative estimate of drug-likeness (QED) is 0.793. The van der Waals surface area contributed by atoms with Gasteiger partial charge in [-0.1, -0.05) is 37.3 Å². The van der Waals surface area contributed by atoms with E-state index in [1.54, 1.807) is 0 Å². The summed E-state index contributed by atoms with van der Waals surface area (Å²) < 4.78 is 0. The molecule has 0 heterocycles. The number of aliphatic hydroxyl groups is 1. The molecule has 0 unspecified atom stereocenters. The van der Waals surface area contributed by atoms with Gasteiger partial charge in [0.2, 0.25) is 0 Å². The van der Waals surface area contributed by atoms with Crippen LogP contribution in [0.2, 0.25) is 0 Å². The molecule has 0 bridgehead atoms. The van der Waals surface area contributed by atoms with E-state index in [0.717, 1.165) is 6.42 Å². The van der Waals surface area contributed by atoms with Crippen LogP contribution in [0.4, 0.5) is 0 Å². The van der Waals surface area contributed by atoms with Crippen LogP contribution >= 0.6 is 0 Å². The fraction of sp³-hybridized carbons (Fsp3) is 0.462. The molecule has 1 rings (SSSR count). The number of hydrogen-bond acceptors (Lipinski definition) is 2. The largest absolute Gasteiger partial charge is 0.396 e. The van der Waals surface area contributed by atoms with Gasteiger partial charge in [0.25, 0.3) is 0 Å². The van der Waals surface area contributed by atoms with Crippen molar-refractivity contribution >= 4 is 0 Å². The highest BCUT2D eigenvalue weighted by molar-refractivity contribution is 5.15. The number of nitrogens with one attached hydrogen (secondary N) is 1. The third-order valence-electron chi connectivity index (χ3n) is 2.04. The maximum atomic E-state index is 7.81. The summed E-state index contributed by atoms with van der Waals surface area (Å²) in [6.45, 7) is 5.75. The molecule has 0 saturated heterocycles. The number of aliphatic hydroxyl groups excluding tert-OH is 1. The van der Waals surface area contributed by atoms with E-state index >= 15 is 0 Å². The second-order valence-corrected chi connectivity index (χ2v) is 3.46. The molecule has 2 nitrogen and oxygen atoms in total. The minimum absolute atomic E-state index is 0.208. The first-order valence-electron chi connectivity index (χ1n) is 5.35. The van der Waals surface area contributed by atoms with Crippen LogP contribution in [-0.4, -0.2) is 24.8 Å². The molecule has 85 valence electrons. The Kier molecular flexibility index (Phi) is 9.13. The molecule has 0 aliphatic rings. The summed E-state index contributed by atoms with van der Waals surface area (Å²) in [7, 11) is 1.99. The fourth-order valence-corrected chi connectivity index (χ4v) is 1.07. The zero-order valence-electron chi connectivity index (χ0n) is 9.74. The van der Waals surface area contributed by atoms with E-state index in [2.05, 4.69) is 43.4 Å². The highest BCUT2D eigenvalue weighted by Gasteiger charge is 1.97. The smallest absolute Gasteiger partial charge is 0.0431 e. The van der Waals surface area contributed by atoms with Crippen molar-refractivity contribution < 1.29 is 5.11 Å². The van der Waals surface area contributed by atoms with Crippen molar-refractivity contribution in [3.63, 3.8) is 0 Å². The minimum atomic E-state index is 0.208. The molecular formula is C13H22NO. The van der Waals surface area contributed by atoms with Gasteiger partial charge in [-0.05, 0) is 32.4 Å². The molecule has 1 aromatic rings. The first-order chi connectivity index (χ1) is 7.24. The van der Waals surface area contributed by atoms with Crippen molar-refractivity contribution in [1.82, 2.24) is 5.32 Å². The lowest BCUT2D eigenvalue weighted by Gasteiger charge is -2.08. The third kappa shape index (κ3) is 8.16. The normalized spacial score (nSPS) is 11.5. The van der Waals surface area contributed by atoms with Crippen LogP contribution in [0.15, 0.2) is 30.3 Å². The van der Waals surface area contributed by atoms with Crippen LogP contribution < -0.4 is 5.32 Å². The molecule has 0 spiro atoms. The summed E-state index contributed by atoms with van der Waals surface area (Å²) in [6.07, 6.45) is 1.73. The van der Waals surface area contributed by atoms with Gasteiger partial charge in [-0.3, -0.25) is 0 Å². The van der Waals surface area contributed by atoms with Crippen LogP contribution in [0, 0.1) is 6.92 Å². The lowest BCUT2D eigenvalue weighted by Crippen LogP contribution is -2.23. The summed E-state index contributed by atoms with van der Waals surface area (Å²) >= 11 is 0. The summed E-state index contributed by atoms with van der Waals surface area (Å²) in [4.78, 5) is 0. The van der Waals surface area contributed by atoms with Crippen LogP contribution in [0.25, 0.3) is 0 Å². The lowest BCUT2D eigenvalue weighted by atomic mass is 10.1. The highest BCUT2D eigenvalue weighted by atomic mass is 16.2. The van der Waals surface area contributed by atoms with Crippen LogP contribution in [-0.2, 0) is 6.42 Å². The fourth-order valence-electron chi connectivity index (χ4n) is 1.07. The summed E-state index contributed by atoms with van der Waals surface area (Å²) in [5.74, 6) is 0. The average Bonchev–Trinajstić information content (AvgIpc) is 2.30. The predicted molar refractivity (Wildman–Crippen MR) is 65.7 cm³/mol. The Bertz CT molecular complexity index is 221. The number of likely N-dealkylation sites (N-methyl/N-ethyl adjacent to an activating group) is 1. The standard InChI is InChI=1S/C10H15N.C3H7O/c1-9(11-2)8-10-6-4-3-5-7-10;1-2-3-4/h3-7,9,11H,8H2,1-2H3;4H,1-3H2/t9-;/m0./s1. The van der Waals surface area contributed by atoms with E-state index in [1.807, 2.05) is 13.1 Å². The van der Waals surface area contributed by atoms with Gasteiger partial charge < -0.3 is 10.4 Å². The number of benzene rings is 1. The average molecular weight is 208 g/mol. The molecule has 0 amide bonds. The third-order valence-corrected chi connectivity index (χ3v) is 2.04. The second-order valence-electron chi connectivity index (χ2n) is 3.46. The van der Waals surface area contributed by atoms with Gasteiger partial charge in [-0.2, -0.15) is 0 Å². The number of rotatable bonds is 4. The molecule has 0 aliphatic carbocycles. The van der Waals surface area contributed by atoms with Crippen molar-refractivity contribution in [2.24, 2.45) is 0 Å². The first kappa shape index (κ1) is 14.1. The molecule has 0 fully saturated rings. The monoisotopic (exact) mass is 208 g/mol. The van der Waals surface area contributed by atoms with Crippen molar-refractivity contribution in [3.8, 4) is 0 Å². The molecule has 0 aromatic heterocycles. The van der Waals surface area contributed by atoms with Crippen molar-refractivity contribution in [1.29, 1.82) is 0 Å². The summed E-state index contributed by atoms with van der Waals surface area (Å²) in [6, 6.07) is 11.1. The number of hydrogen-bond donors (Lipinski definition) is 2. The zero-order valence-corrected chi connectivity index (χ0v) is 9.74. The van der Waals surface area contributed by atoms with Crippen LogP contribution in [0.3, 0.4) is 0 Å². The molecule has 15 heavy (non-hydrogen) atoms. The van der Waals surface area contributed by atoms with Crippen molar-refractivity contribution in [3.05, 3.63) is 42.8 Å². The van der Waals surface area contributed by atoms with Gasteiger partial charge in [-0.15, -0.1) is 0 Å². The molecule has 1 atom stereocenters. The van der Waals surface area contributed by atoms with Gasteiger partial charge in [0.15, 0.2) is 0 Å². The van der Waals surface area contributed by atoms with E-state index < -0.39 is 0 Å². The Hall–Kier alpha value is -0.860. The van der Waals surface area contributed by atoms with E-state index in [-0.39, 0.29) is 6.61 Å².